The van der Waals surface area contributed by atoms with Crippen molar-refractivity contribution in [2.45, 2.75) is 4.90 Å². The zero-order valence-electron chi connectivity index (χ0n) is 12.5. The van der Waals surface area contributed by atoms with Crippen LogP contribution in [0.4, 0.5) is 0 Å². The molecule has 2 aromatic carbocycles. The molecular formula is C17H14Cl2N2O2S. The lowest BCUT2D eigenvalue weighted by molar-refractivity contribution is -0.125. The second-order valence-corrected chi connectivity index (χ2v) is 6.51. The number of carbonyl (C=O) groups excluding carboxylic acids is 2. The maximum atomic E-state index is 11.7. The Morgan fingerprint density at radius 1 is 1.04 bits per heavy atom. The zero-order valence-corrected chi connectivity index (χ0v) is 14.8. The van der Waals surface area contributed by atoms with Crippen LogP contribution in [-0.2, 0) is 9.59 Å². The van der Waals surface area contributed by atoms with Crippen molar-refractivity contribution in [2.75, 3.05) is 5.75 Å². The summed E-state index contributed by atoms with van der Waals surface area (Å²) < 4.78 is 0. The number of amides is 2. The number of benzene rings is 2. The Kier molecular flexibility index (Phi) is 7.18. The molecule has 0 aliphatic carbocycles. The minimum absolute atomic E-state index is 0.0999. The van der Waals surface area contributed by atoms with Gasteiger partial charge in [0.15, 0.2) is 0 Å². The van der Waals surface area contributed by atoms with E-state index in [9.17, 15) is 9.59 Å². The molecule has 124 valence electrons. The molecule has 0 aliphatic rings. The van der Waals surface area contributed by atoms with Crippen LogP contribution in [0.3, 0.4) is 0 Å². The number of thioether (sulfide) groups is 1. The number of hydrogen-bond acceptors (Lipinski definition) is 3. The van der Waals surface area contributed by atoms with E-state index in [0.717, 1.165) is 5.56 Å². The van der Waals surface area contributed by atoms with Crippen LogP contribution in [0.5, 0.6) is 0 Å². The van der Waals surface area contributed by atoms with E-state index < -0.39 is 5.91 Å². The molecule has 0 aromatic heterocycles. The summed E-state index contributed by atoms with van der Waals surface area (Å²) in [4.78, 5) is 24.1. The maximum absolute atomic E-state index is 11.7. The van der Waals surface area contributed by atoms with Gasteiger partial charge in [0.05, 0.1) is 10.8 Å². The quantitative estimate of drug-likeness (QED) is 0.469. The monoisotopic (exact) mass is 380 g/mol. The predicted octanol–water partition coefficient (Wildman–Crippen LogP) is 3.95. The van der Waals surface area contributed by atoms with E-state index in [2.05, 4.69) is 10.9 Å². The van der Waals surface area contributed by atoms with E-state index in [4.69, 9.17) is 23.2 Å². The smallest absolute Gasteiger partial charge is 0.262 e. The van der Waals surface area contributed by atoms with E-state index in [1.165, 1.54) is 17.8 Å². The number of hydrazine groups is 1. The van der Waals surface area contributed by atoms with Gasteiger partial charge in [-0.1, -0.05) is 53.5 Å². The highest BCUT2D eigenvalue weighted by atomic mass is 35.5. The van der Waals surface area contributed by atoms with Gasteiger partial charge in [-0.3, -0.25) is 20.4 Å². The molecule has 0 saturated carbocycles. The van der Waals surface area contributed by atoms with Crippen molar-refractivity contribution in [3.63, 3.8) is 0 Å². The van der Waals surface area contributed by atoms with E-state index >= 15 is 0 Å². The molecule has 0 aliphatic heterocycles. The fourth-order valence-corrected chi connectivity index (χ4v) is 2.97. The third-order valence-corrected chi connectivity index (χ3v) is 4.54. The van der Waals surface area contributed by atoms with E-state index in [1.54, 1.807) is 24.3 Å². The van der Waals surface area contributed by atoms with Crippen LogP contribution >= 0.6 is 35.0 Å². The van der Waals surface area contributed by atoms with Crippen molar-refractivity contribution < 1.29 is 9.59 Å². The van der Waals surface area contributed by atoms with Crippen molar-refractivity contribution in [2.24, 2.45) is 0 Å². The number of halogens is 2. The van der Waals surface area contributed by atoms with E-state index in [0.29, 0.717) is 14.9 Å². The van der Waals surface area contributed by atoms with E-state index in [1.807, 2.05) is 30.3 Å². The number of rotatable bonds is 5. The summed E-state index contributed by atoms with van der Waals surface area (Å²) in [5, 5.41) is 1.06. The third kappa shape index (κ3) is 6.28. The van der Waals surface area contributed by atoms with Gasteiger partial charge in [-0.25, -0.2) is 0 Å². The molecule has 4 nitrogen and oxygen atoms in total. The molecule has 0 fully saturated rings. The highest BCUT2D eigenvalue weighted by Crippen LogP contribution is 2.29. The SMILES string of the molecule is O=C(/C=C/c1ccccc1)NNC(=O)CSc1cc(Cl)ccc1Cl. The highest BCUT2D eigenvalue weighted by molar-refractivity contribution is 8.00. The fraction of sp³-hybridized carbons (Fsp3) is 0.0588. The minimum atomic E-state index is -0.419. The van der Waals surface area contributed by atoms with Crippen LogP contribution < -0.4 is 10.9 Å². The average Bonchev–Trinajstić information content (AvgIpc) is 2.59. The van der Waals surface area contributed by atoms with Gasteiger partial charge in [0, 0.05) is 16.0 Å². The lowest BCUT2D eigenvalue weighted by atomic mass is 10.2. The van der Waals surface area contributed by atoms with Gasteiger partial charge >= 0.3 is 0 Å². The highest BCUT2D eigenvalue weighted by Gasteiger charge is 2.07. The second kappa shape index (κ2) is 9.37. The molecule has 0 spiro atoms. The van der Waals surface area contributed by atoms with Crippen LogP contribution in [0.25, 0.3) is 6.08 Å². The maximum Gasteiger partial charge on any atom is 0.262 e. The van der Waals surface area contributed by atoms with Gasteiger partial charge in [-0.2, -0.15) is 0 Å². The molecule has 2 aromatic rings. The molecule has 7 heteroatoms. The molecule has 2 N–H and O–H groups in total. The van der Waals surface area contributed by atoms with Crippen molar-refractivity contribution in [3.8, 4) is 0 Å². The molecular weight excluding hydrogens is 367 g/mol. The molecule has 0 saturated heterocycles. The topological polar surface area (TPSA) is 58.2 Å². The van der Waals surface area contributed by atoms with Crippen molar-refractivity contribution in [1.82, 2.24) is 10.9 Å². The standard InChI is InChI=1S/C17H14Cl2N2O2S/c18-13-7-8-14(19)15(10-13)24-11-17(23)21-20-16(22)9-6-12-4-2-1-3-5-12/h1-10H,11H2,(H,20,22)(H,21,23)/b9-6+. The van der Waals surface area contributed by atoms with Crippen LogP contribution in [0.15, 0.2) is 59.5 Å². The van der Waals surface area contributed by atoms with Crippen LogP contribution in [0, 0.1) is 0 Å². The summed E-state index contributed by atoms with van der Waals surface area (Å²) in [7, 11) is 0. The Morgan fingerprint density at radius 2 is 1.79 bits per heavy atom. The summed E-state index contributed by atoms with van der Waals surface area (Å²) in [5.41, 5.74) is 5.55. The average molecular weight is 381 g/mol. The zero-order chi connectivity index (χ0) is 17.4. The summed E-state index contributed by atoms with van der Waals surface area (Å²) in [6.07, 6.45) is 3.00. The number of carbonyl (C=O) groups is 2. The Balaban J connectivity index is 1.75. The first-order chi connectivity index (χ1) is 11.5. The third-order valence-electron chi connectivity index (χ3n) is 2.80. The Labute approximate surface area is 154 Å². The Bertz CT molecular complexity index is 752. The largest absolute Gasteiger partial charge is 0.272 e. The molecule has 0 radical (unpaired) electrons. The van der Waals surface area contributed by atoms with Gasteiger partial charge < -0.3 is 0 Å². The molecule has 2 rings (SSSR count). The normalized spacial score (nSPS) is 10.6. The van der Waals surface area contributed by atoms with Crippen LogP contribution in [-0.4, -0.2) is 17.6 Å². The van der Waals surface area contributed by atoms with Crippen molar-refractivity contribution >= 4 is 52.9 Å². The van der Waals surface area contributed by atoms with Crippen LogP contribution in [0.2, 0.25) is 10.0 Å². The lowest BCUT2D eigenvalue weighted by Crippen LogP contribution is -2.41. The van der Waals surface area contributed by atoms with Crippen LogP contribution in [0.1, 0.15) is 5.56 Å². The number of hydrogen-bond donors (Lipinski definition) is 2. The first-order valence-corrected chi connectivity index (χ1v) is 8.68. The van der Waals surface area contributed by atoms with Crippen molar-refractivity contribution in [1.29, 1.82) is 0 Å². The molecule has 24 heavy (non-hydrogen) atoms. The second-order valence-electron chi connectivity index (χ2n) is 4.64. The lowest BCUT2D eigenvalue weighted by Gasteiger charge is -2.06. The Morgan fingerprint density at radius 3 is 2.54 bits per heavy atom. The summed E-state index contributed by atoms with van der Waals surface area (Å²) in [6, 6.07) is 14.4. The summed E-state index contributed by atoms with van der Waals surface area (Å²) >= 11 is 13.1. The van der Waals surface area contributed by atoms with Gasteiger partial charge in [0.25, 0.3) is 5.91 Å². The van der Waals surface area contributed by atoms with Gasteiger partial charge in [0.1, 0.15) is 0 Å². The minimum Gasteiger partial charge on any atom is -0.272 e. The van der Waals surface area contributed by atoms with Gasteiger partial charge in [-0.05, 0) is 29.8 Å². The Hall–Kier alpha value is -1.95. The summed E-state index contributed by atoms with van der Waals surface area (Å²) in [5.74, 6) is -0.668. The molecule has 2 amide bonds. The number of nitrogens with one attached hydrogen (secondary N) is 2. The molecule has 0 heterocycles. The first kappa shape index (κ1) is 18.4. The fourth-order valence-electron chi connectivity index (χ4n) is 1.68. The molecule has 0 unspecified atom stereocenters. The first-order valence-electron chi connectivity index (χ1n) is 6.94. The predicted molar refractivity (Wildman–Crippen MR) is 98.9 cm³/mol. The molecule has 0 bridgehead atoms. The summed E-state index contributed by atoms with van der Waals surface area (Å²) in [6.45, 7) is 0. The van der Waals surface area contributed by atoms with E-state index in [-0.39, 0.29) is 11.7 Å². The van der Waals surface area contributed by atoms with Crippen molar-refractivity contribution in [3.05, 3.63) is 70.2 Å². The van der Waals surface area contributed by atoms with Gasteiger partial charge in [-0.15, -0.1) is 11.8 Å². The molecule has 0 atom stereocenters. The van der Waals surface area contributed by atoms with Gasteiger partial charge in [0.2, 0.25) is 5.91 Å².